The molecule has 0 unspecified atom stereocenters. The molecular formula is C20H19FO3. The molecule has 0 bridgehead atoms. The van der Waals surface area contributed by atoms with Crippen LogP contribution in [0, 0.1) is 5.82 Å². The second-order valence-corrected chi connectivity index (χ2v) is 5.85. The summed E-state index contributed by atoms with van der Waals surface area (Å²) in [6.07, 6.45) is 2.34. The summed E-state index contributed by atoms with van der Waals surface area (Å²) in [5.41, 5.74) is 3.24. The predicted octanol–water partition coefficient (Wildman–Crippen LogP) is 4.26. The fourth-order valence-electron chi connectivity index (χ4n) is 3.16. The van der Waals surface area contributed by atoms with Crippen LogP contribution < -0.4 is 0 Å². The van der Waals surface area contributed by atoms with Gasteiger partial charge in [0, 0.05) is 0 Å². The van der Waals surface area contributed by atoms with E-state index < -0.39 is 5.97 Å². The maximum Gasteiger partial charge on any atom is 0.341 e. The summed E-state index contributed by atoms with van der Waals surface area (Å²) in [6.45, 7) is 0. The Bertz CT molecular complexity index is 782. The Hall–Kier alpha value is -2.62. The number of halogens is 1. The fraction of sp³-hybridized carbons (Fsp3) is 0.250. The van der Waals surface area contributed by atoms with Crippen LogP contribution in [0.4, 0.5) is 4.39 Å². The standard InChI is InChI=1S/C20H19FO3/c1-23-12-19(20(22)24-2)16-9-4-3-8-15(16)18-11-17(18)13-6-5-7-14(21)10-13/h3-10,12,17-18H,11H2,1-2H3/b19-12+/t17-,18-/m1/s1. The Balaban J connectivity index is 1.94. The first-order valence-electron chi connectivity index (χ1n) is 7.81. The Kier molecular flexibility index (Phi) is 4.65. The largest absolute Gasteiger partial charge is 0.503 e. The highest BCUT2D eigenvalue weighted by Gasteiger charge is 2.41. The molecule has 1 aliphatic rings. The minimum atomic E-state index is -0.438. The number of esters is 1. The number of carbonyl (C=O) groups is 1. The molecule has 3 rings (SSSR count). The van der Waals surface area contributed by atoms with Crippen molar-refractivity contribution in [1.29, 1.82) is 0 Å². The highest BCUT2D eigenvalue weighted by Crippen LogP contribution is 2.56. The summed E-state index contributed by atoms with van der Waals surface area (Å²) in [4.78, 5) is 12.1. The van der Waals surface area contributed by atoms with Crippen LogP contribution >= 0.6 is 0 Å². The molecule has 0 spiro atoms. The lowest BCUT2D eigenvalue weighted by Gasteiger charge is -2.11. The van der Waals surface area contributed by atoms with E-state index in [4.69, 9.17) is 9.47 Å². The smallest absolute Gasteiger partial charge is 0.341 e. The first kappa shape index (κ1) is 16.2. The molecule has 3 nitrogen and oxygen atoms in total. The van der Waals surface area contributed by atoms with Crippen LogP contribution in [0.3, 0.4) is 0 Å². The van der Waals surface area contributed by atoms with Crippen LogP contribution in [0.15, 0.2) is 54.8 Å². The molecule has 0 N–H and O–H groups in total. The molecule has 0 heterocycles. The van der Waals surface area contributed by atoms with Crippen LogP contribution in [0.1, 0.15) is 34.9 Å². The van der Waals surface area contributed by atoms with Crippen molar-refractivity contribution >= 4 is 11.5 Å². The van der Waals surface area contributed by atoms with E-state index >= 15 is 0 Å². The van der Waals surface area contributed by atoms with Crippen molar-refractivity contribution < 1.29 is 18.7 Å². The quantitative estimate of drug-likeness (QED) is 0.468. The summed E-state index contributed by atoms with van der Waals surface area (Å²) in [7, 11) is 2.85. The number of hydrogen-bond donors (Lipinski definition) is 0. The molecule has 2 atom stereocenters. The maximum atomic E-state index is 13.5. The lowest BCUT2D eigenvalue weighted by molar-refractivity contribution is -0.133. The van der Waals surface area contributed by atoms with Crippen molar-refractivity contribution in [3.8, 4) is 0 Å². The van der Waals surface area contributed by atoms with E-state index in [-0.39, 0.29) is 17.7 Å². The molecule has 0 radical (unpaired) electrons. The molecule has 1 fully saturated rings. The van der Waals surface area contributed by atoms with E-state index in [0.717, 1.165) is 23.1 Å². The second-order valence-electron chi connectivity index (χ2n) is 5.85. The first-order valence-corrected chi connectivity index (χ1v) is 7.81. The number of methoxy groups -OCH3 is 2. The number of hydrogen-bond acceptors (Lipinski definition) is 3. The molecular weight excluding hydrogens is 307 g/mol. The number of ether oxygens (including phenoxy) is 2. The summed E-state index contributed by atoms with van der Waals surface area (Å²) >= 11 is 0. The van der Waals surface area contributed by atoms with Gasteiger partial charge in [-0.3, -0.25) is 0 Å². The van der Waals surface area contributed by atoms with Crippen molar-refractivity contribution in [3.63, 3.8) is 0 Å². The van der Waals surface area contributed by atoms with Crippen molar-refractivity contribution in [3.05, 3.63) is 77.3 Å². The van der Waals surface area contributed by atoms with Gasteiger partial charge in [0.05, 0.1) is 20.5 Å². The van der Waals surface area contributed by atoms with E-state index in [9.17, 15) is 9.18 Å². The molecule has 2 aromatic rings. The summed E-state index contributed by atoms with van der Waals surface area (Å²) in [6, 6.07) is 14.4. The minimum absolute atomic E-state index is 0.221. The fourth-order valence-corrected chi connectivity index (χ4v) is 3.16. The van der Waals surface area contributed by atoms with Gasteiger partial charge >= 0.3 is 5.97 Å². The van der Waals surface area contributed by atoms with E-state index in [1.807, 2.05) is 30.3 Å². The van der Waals surface area contributed by atoms with E-state index in [2.05, 4.69) is 0 Å². The van der Waals surface area contributed by atoms with Gasteiger partial charge in [0.15, 0.2) is 0 Å². The third-order valence-electron chi connectivity index (χ3n) is 4.36. The molecule has 24 heavy (non-hydrogen) atoms. The number of rotatable bonds is 5. The zero-order chi connectivity index (χ0) is 17.1. The van der Waals surface area contributed by atoms with Crippen LogP contribution in [0.25, 0.3) is 5.57 Å². The molecule has 0 aromatic heterocycles. The summed E-state index contributed by atoms with van der Waals surface area (Å²) in [5, 5.41) is 0. The summed E-state index contributed by atoms with van der Waals surface area (Å²) < 4.78 is 23.4. The zero-order valence-corrected chi connectivity index (χ0v) is 13.7. The topological polar surface area (TPSA) is 35.5 Å². The Morgan fingerprint density at radius 3 is 2.62 bits per heavy atom. The SMILES string of the molecule is CO/C=C(/C(=O)OC)c1ccccc1[C@H]1C[C@@H]1c1cccc(F)c1. The van der Waals surface area contributed by atoms with Crippen molar-refractivity contribution in [2.45, 2.75) is 18.3 Å². The number of carbonyl (C=O) groups excluding carboxylic acids is 1. The van der Waals surface area contributed by atoms with Crippen molar-refractivity contribution in [2.24, 2.45) is 0 Å². The van der Waals surface area contributed by atoms with Crippen LogP contribution in [0.2, 0.25) is 0 Å². The molecule has 1 aliphatic carbocycles. The van der Waals surface area contributed by atoms with Crippen molar-refractivity contribution in [1.82, 2.24) is 0 Å². The monoisotopic (exact) mass is 326 g/mol. The van der Waals surface area contributed by atoms with Gasteiger partial charge < -0.3 is 9.47 Å². The van der Waals surface area contributed by atoms with Gasteiger partial charge in [-0.1, -0.05) is 36.4 Å². The summed E-state index contributed by atoms with van der Waals surface area (Å²) in [5.74, 6) is -0.135. The van der Waals surface area contributed by atoms with Gasteiger partial charge in [-0.25, -0.2) is 9.18 Å². The van der Waals surface area contributed by atoms with E-state index in [1.54, 1.807) is 12.1 Å². The average Bonchev–Trinajstić information content (AvgIpc) is 3.40. The molecule has 4 heteroatoms. The Morgan fingerprint density at radius 2 is 1.92 bits per heavy atom. The number of benzene rings is 2. The van der Waals surface area contributed by atoms with Crippen LogP contribution in [-0.2, 0) is 14.3 Å². The normalized spacial score (nSPS) is 19.7. The van der Waals surface area contributed by atoms with Gasteiger partial charge in [-0.2, -0.15) is 0 Å². The second kappa shape index (κ2) is 6.87. The molecule has 0 aliphatic heterocycles. The Morgan fingerprint density at radius 1 is 1.12 bits per heavy atom. The van der Waals surface area contributed by atoms with Gasteiger partial charge in [0.1, 0.15) is 11.4 Å². The molecule has 0 saturated heterocycles. The predicted molar refractivity (Wildman–Crippen MR) is 89.9 cm³/mol. The van der Waals surface area contributed by atoms with Crippen molar-refractivity contribution in [2.75, 3.05) is 14.2 Å². The first-order chi connectivity index (χ1) is 11.7. The highest BCUT2D eigenvalue weighted by molar-refractivity contribution is 6.16. The maximum absolute atomic E-state index is 13.5. The zero-order valence-electron chi connectivity index (χ0n) is 13.7. The molecule has 124 valence electrons. The third-order valence-corrected chi connectivity index (χ3v) is 4.36. The molecule has 1 saturated carbocycles. The van der Waals surface area contributed by atoms with Crippen LogP contribution in [-0.4, -0.2) is 20.2 Å². The van der Waals surface area contributed by atoms with Gasteiger partial charge in [0.25, 0.3) is 0 Å². The molecule has 2 aromatic carbocycles. The van der Waals surface area contributed by atoms with E-state index in [1.165, 1.54) is 26.5 Å². The average molecular weight is 326 g/mol. The van der Waals surface area contributed by atoms with Gasteiger partial charge in [-0.05, 0) is 47.1 Å². The Labute approximate surface area is 140 Å². The van der Waals surface area contributed by atoms with Gasteiger partial charge in [0.2, 0.25) is 0 Å². The third kappa shape index (κ3) is 3.18. The van der Waals surface area contributed by atoms with E-state index in [0.29, 0.717) is 5.57 Å². The lowest BCUT2D eigenvalue weighted by atomic mass is 9.95. The lowest BCUT2D eigenvalue weighted by Crippen LogP contribution is -2.06. The minimum Gasteiger partial charge on any atom is -0.503 e. The molecule has 0 amide bonds. The van der Waals surface area contributed by atoms with Gasteiger partial charge in [-0.15, -0.1) is 0 Å². The van der Waals surface area contributed by atoms with Crippen LogP contribution in [0.5, 0.6) is 0 Å². The highest BCUT2D eigenvalue weighted by atomic mass is 19.1.